The van der Waals surface area contributed by atoms with Crippen molar-refractivity contribution in [3.8, 4) is 0 Å². The summed E-state index contributed by atoms with van der Waals surface area (Å²) in [6.45, 7) is 2.05. The van der Waals surface area contributed by atoms with Gasteiger partial charge in [0.15, 0.2) is 0 Å². The first-order valence-electron chi connectivity index (χ1n) is 4.66. The van der Waals surface area contributed by atoms with Crippen LogP contribution in [0.15, 0.2) is 30.3 Å². The van der Waals surface area contributed by atoms with Crippen LogP contribution in [0.5, 0.6) is 0 Å². The lowest BCUT2D eigenvalue weighted by Gasteiger charge is -2.22. The fourth-order valence-electron chi connectivity index (χ4n) is 1.25. The highest BCUT2D eigenvalue weighted by Gasteiger charge is 2.20. The summed E-state index contributed by atoms with van der Waals surface area (Å²) in [4.78, 5) is 1.26. The van der Waals surface area contributed by atoms with Crippen LogP contribution in [0.4, 0.5) is 0 Å². The third-order valence-electron chi connectivity index (χ3n) is 2.53. The first-order chi connectivity index (χ1) is 6.13. The monoisotopic (exact) mass is 259 g/mol. The molecule has 0 saturated carbocycles. The maximum Gasteiger partial charge on any atom is 0.130 e. The van der Waals surface area contributed by atoms with Gasteiger partial charge in [0.1, 0.15) is 12.1 Å². The summed E-state index contributed by atoms with van der Waals surface area (Å²) < 4.78 is 0. The summed E-state index contributed by atoms with van der Waals surface area (Å²) in [6.07, 6.45) is -0.369. The third-order valence-corrected chi connectivity index (χ3v) is 2.53. The van der Waals surface area contributed by atoms with Gasteiger partial charge in [-0.05, 0) is 12.5 Å². The van der Waals surface area contributed by atoms with Crippen molar-refractivity contribution in [3.63, 3.8) is 0 Å². The van der Waals surface area contributed by atoms with Crippen molar-refractivity contribution in [2.45, 2.75) is 19.1 Å². The van der Waals surface area contributed by atoms with Crippen LogP contribution < -0.4 is 21.9 Å². The van der Waals surface area contributed by atoms with Gasteiger partial charge in [0, 0.05) is 0 Å². The summed E-state index contributed by atoms with van der Waals surface area (Å²) in [7, 11) is 4.10. The highest BCUT2D eigenvalue weighted by Crippen LogP contribution is 2.13. The van der Waals surface area contributed by atoms with Gasteiger partial charge in [-0.2, -0.15) is 0 Å². The second-order valence-corrected chi connectivity index (χ2v) is 3.72. The van der Waals surface area contributed by atoms with Crippen LogP contribution in [0.25, 0.3) is 0 Å². The van der Waals surface area contributed by atoms with E-state index < -0.39 is 0 Å². The molecule has 0 radical (unpaired) electrons. The average Bonchev–Trinajstić information content (AvgIpc) is 2.17. The quantitative estimate of drug-likeness (QED) is 0.605. The number of aliphatic hydroxyl groups is 1. The van der Waals surface area contributed by atoms with Crippen molar-refractivity contribution >= 4 is 0 Å². The number of benzene rings is 1. The van der Waals surface area contributed by atoms with E-state index >= 15 is 0 Å². The highest BCUT2D eigenvalue weighted by atomic mass is 79.9. The Kier molecular flexibility index (Phi) is 6.00. The molecule has 2 N–H and O–H groups in total. The molecule has 1 aromatic rings. The van der Waals surface area contributed by atoms with Gasteiger partial charge in [-0.25, -0.2) is 0 Å². The van der Waals surface area contributed by atoms with Crippen LogP contribution in [0.3, 0.4) is 0 Å². The van der Waals surface area contributed by atoms with Crippen LogP contribution in [0.1, 0.15) is 18.6 Å². The zero-order chi connectivity index (χ0) is 9.84. The summed E-state index contributed by atoms with van der Waals surface area (Å²) in [5.74, 6) is 0. The number of likely N-dealkylation sites (N-methyl/N-ethyl adjacent to an activating group) is 1. The Labute approximate surface area is 96.3 Å². The van der Waals surface area contributed by atoms with Gasteiger partial charge in [0.2, 0.25) is 0 Å². The van der Waals surface area contributed by atoms with Crippen molar-refractivity contribution < 1.29 is 27.0 Å². The lowest BCUT2D eigenvalue weighted by atomic mass is 10.0. The number of hydrogen-bond acceptors (Lipinski definition) is 1. The number of quaternary nitrogens is 1. The van der Waals surface area contributed by atoms with Crippen molar-refractivity contribution in [1.82, 2.24) is 0 Å². The van der Waals surface area contributed by atoms with Crippen molar-refractivity contribution in [2.75, 3.05) is 14.1 Å². The first-order valence-corrected chi connectivity index (χ1v) is 4.66. The average molecular weight is 260 g/mol. The molecule has 3 heteroatoms. The lowest BCUT2D eigenvalue weighted by molar-refractivity contribution is -0.888. The summed E-state index contributed by atoms with van der Waals surface area (Å²) in [5, 5.41) is 9.94. The molecule has 0 aliphatic carbocycles. The maximum absolute atomic E-state index is 9.94. The SMILES string of the molecule is C[C@@H]([C@H](O)c1ccccc1)[NH+](C)C.[Br-]. The molecule has 0 aliphatic heterocycles. The van der Waals surface area contributed by atoms with Gasteiger partial charge >= 0.3 is 0 Å². The van der Waals surface area contributed by atoms with E-state index in [0.29, 0.717) is 0 Å². The van der Waals surface area contributed by atoms with Crippen LogP contribution in [-0.4, -0.2) is 25.2 Å². The van der Waals surface area contributed by atoms with Gasteiger partial charge in [-0.3, -0.25) is 0 Å². The molecule has 0 fully saturated rings. The number of hydrogen-bond donors (Lipinski definition) is 2. The van der Waals surface area contributed by atoms with Crippen molar-refractivity contribution in [2.24, 2.45) is 0 Å². The molecule has 1 rings (SSSR count). The molecule has 0 unspecified atom stereocenters. The first kappa shape index (κ1) is 13.6. The van der Waals surface area contributed by atoms with Crippen LogP contribution in [0.2, 0.25) is 0 Å². The zero-order valence-electron chi connectivity index (χ0n) is 8.87. The molecular weight excluding hydrogens is 242 g/mol. The summed E-state index contributed by atoms with van der Waals surface area (Å²) in [6, 6.07) is 10.0. The Hall–Kier alpha value is -0.380. The molecule has 0 saturated heterocycles. The fourth-order valence-corrected chi connectivity index (χ4v) is 1.25. The second kappa shape index (κ2) is 6.17. The molecule has 0 amide bonds. The second-order valence-electron chi connectivity index (χ2n) is 3.72. The van der Waals surface area contributed by atoms with Crippen LogP contribution in [0, 0.1) is 0 Å². The minimum Gasteiger partial charge on any atom is -1.00 e. The molecule has 0 bridgehead atoms. The molecular formula is C11H18BrNO. The summed E-state index contributed by atoms with van der Waals surface area (Å²) in [5.41, 5.74) is 0.996. The topological polar surface area (TPSA) is 24.7 Å². The van der Waals surface area contributed by atoms with E-state index in [2.05, 4.69) is 14.1 Å². The van der Waals surface area contributed by atoms with Gasteiger partial charge in [-0.15, -0.1) is 0 Å². The molecule has 2 atom stereocenters. The van der Waals surface area contributed by atoms with Gasteiger partial charge < -0.3 is 27.0 Å². The minimum atomic E-state index is -0.369. The molecule has 0 aliphatic rings. The van der Waals surface area contributed by atoms with E-state index in [9.17, 15) is 5.11 Å². The Morgan fingerprint density at radius 2 is 1.64 bits per heavy atom. The third kappa shape index (κ3) is 3.40. The Morgan fingerprint density at radius 3 is 2.07 bits per heavy atom. The van der Waals surface area contributed by atoms with Crippen LogP contribution in [-0.2, 0) is 0 Å². The van der Waals surface area contributed by atoms with Gasteiger partial charge in [0.05, 0.1) is 14.1 Å². The number of rotatable bonds is 3. The van der Waals surface area contributed by atoms with Crippen LogP contribution >= 0.6 is 0 Å². The Morgan fingerprint density at radius 1 is 1.14 bits per heavy atom. The highest BCUT2D eigenvalue weighted by molar-refractivity contribution is 5.17. The number of nitrogens with one attached hydrogen (secondary N) is 1. The zero-order valence-corrected chi connectivity index (χ0v) is 10.5. The molecule has 0 heterocycles. The van der Waals surface area contributed by atoms with Gasteiger partial charge in [0.25, 0.3) is 0 Å². The summed E-state index contributed by atoms with van der Waals surface area (Å²) >= 11 is 0. The van der Waals surface area contributed by atoms with Gasteiger partial charge in [-0.1, -0.05) is 30.3 Å². The molecule has 1 aromatic carbocycles. The predicted octanol–water partition coefficient (Wildman–Crippen LogP) is -2.74. The largest absolute Gasteiger partial charge is 1.00 e. The van der Waals surface area contributed by atoms with E-state index in [4.69, 9.17) is 0 Å². The molecule has 0 aromatic heterocycles. The standard InChI is InChI=1S/C11H17NO.BrH/c1-9(12(2)3)11(13)10-7-5-4-6-8-10;/h4-9,11,13H,1-3H3;1H/t9-,11-;/m0./s1. The molecule has 14 heavy (non-hydrogen) atoms. The predicted molar refractivity (Wildman–Crippen MR) is 53.7 cm³/mol. The van der Waals surface area contributed by atoms with E-state index in [1.807, 2.05) is 37.3 Å². The maximum atomic E-state index is 9.94. The number of aliphatic hydroxyl groups excluding tert-OH is 1. The lowest BCUT2D eigenvalue weighted by Crippen LogP contribution is -3.10. The Bertz CT molecular complexity index is 251. The molecule has 0 spiro atoms. The molecule has 80 valence electrons. The van der Waals surface area contributed by atoms with E-state index in [1.165, 1.54) is 4.90 Å². The normalized spacial score (nSPS) is 14.6. The van der Waals surface area contributed by atoms with Crippen molar-refractivity contribution in [1.29, 1.82) is 0 Å². The molecule has 2 nitrogen and oxygen atoms in total. The van der Waals surface area contributed by atoms with Crippen molar-refractivity contribution in [3.05, 3.63) is 35.9 Å². The fraction of sp³-hybridized carbons (Fsp3) is 0.455. The Balaban J connectivity index is 0.00000169. The minimum absolute atomic E-state index is 0. The van der Waals surface area contributed by atoms with E-state index in [1.54, 1.807) is 0 Å². The smallest absolute Gasteiger partial charge is 0.130 e. The van der Waals surface area contributed by atoms with E-state index in [-0.39, 0.29) is 29.1 Å². The number of halogens is 1. The van der Waals surface area contributed by atoms with E-state index in [0.717, 1.165) is 5.56 Å².